The van der Waals surface area contributed by atoms with Crippen molar-refractivity contribution in [3.05, 3.63) is 30.5 Å². The zero-order valence-corrected chi connectivity index (χ0v) is 14.6. The van der Waals surface area contributed by atoms with Crippen molar-refractivity contribution in [2.75, 3.05) is 37.5 Å². The predicted molar refractivity (Wildman–Crippen MR) is 95.9 cm³/mol. The van der Waals surface area contributed by atoms with E-state index in [1.807, 2.05) is 25.5 Å². The van der Waals surface area contributed by atoms with Crippen LogP contribution in [0, 0.1) is 0 Å². The van der Waals surface area contributed by atoms with Crippen LogP contribution in [0.5, 0.6) is 0 Å². The maximum atomic E-state index is 5.72. The Bertz CT molecular complexity index is 686. The van der Waals surface area contributed by atoms with Gasteiger partial charge in [-0.05, 0) is 18.9 Å². The van der Waals surface area contributed by atoms with Crippen LogP contribution in [0.1, 0.15) is 24.6 Å². The molecule has 1 aliphatic carbocycles. The Morgan fingerprint density at radius 2 is 2.12 bits per heavy atom. The van der Waals surface area contributed by atoms with Crippen LogP contribution in [0.15, 0.2) is 24.7 Å². The third-order valence-corrected chi connectivity index (χ3v) is 5.25. The van der Waals surface area contributed by atoms with Crippen molar-refractivity contribution in [3.8, 4) is 0 Å². The van der Waals surface area contributed by atoms with E-state index >= 15 is 0 Å². The van der Waals surface area contributed by atoms with Crippen LogP contribution in [0.2, 0.25) is 0 Å². The number of nitrogens with zero attached hydrogens (tertiary/aromatic N) is 4. The highest BCUT2D eigenvalue weighted by Gasteiger charge is 2.39. The third kappa shape index (κ3) is 3.32. The number of hydrogen-bond acceptors (Lipinski definition) is 7. The lowest BCUT2D eigenvalue weighted by Gasteiger charge is -2.37. The van der Waals surface area contributed by atoms with E-state index in [0.29, 0.717) is 23.9 Å². The largest absolute Gasteiger partial charge is 0.378 e. The number of methoxy groups -OCH3 is 1. The highest BCUT2D eigenvalue weighted by Crippen LogP contribution is 2.35. The predicted octanol–water partition coefficient (Wildman–Crippen LogP) is 0.981. The summed E-state index contributed by atoms with van der Waals surface area (Å²) in [6, 6.07) is 2.78. The molecular formula is C17H25N7O. The fraction of sp³-hybridized carbons (Fsp3) is 0.588. The summed E-state index contributed by atoms with van der Waals surface area (Å²) in [5, 5.41) is 6.76. The van der Waals surface area contributed by atoms with Gasteiger partial charge in [0.05, 0.1) is 12.1 Å². The first-order chi connectivity index (χ1) is 12.3. The summed E-state index contributed by atoms with van der Waals surface area (Å²) in [5.41, 5.74) is 0. The van der Waals surface area contributed by atoms with Gasteiger partial charge in [-0.3, -0.25) is 0 Å². The van der Waals surface area contributed by atoms with E-state index in [4.69, 9.17) is 4.74 Å². The molecule has 4 rings (SSSR count). The molecule has 134 valence electrons. The molecule has 3 heterocycles. The molecular weight excluding hydrogens is 318 g/mol. The van der Waals surface area contributed by atoms with Gasteiger partial charge in [-0.1, -0.05) is 0 Å². The normalized spacial score (nSPS) is 28.8. The molecule has 0 amide bonds. The van der Waals surface area contributed by atoms with E-state index in [0.717, 1.165) is 37.6 Å². The number of aromatic amines is 1. The number of nitrogens with one attached hydrogen (secondary N) is 3. The lowest BCUT2D eigenvalue weighted by Crippen LogP contribution is -2.50. The number of H-pyrrole nitrogens is 1. The first kappa shape index (κ1) is 16.3. The van der Waals surface area contributed by atoms with Gasteiger partial charge >= 0.3 is 0 Å². The number of rotatable bonds is 6. The van der Waals surface area contributed by atoms with Crippen LogP contribution >= 0.6 is 0 Å². The minimum Gasteiger partial charge on any atom is -0.378 e. The van der Waals surface area contributed by atoms with Gasteiger partial charge in [-0.2, -0.15) is 4.98 Å². The summed E-state index contributed by atoms with van der Waals surface area (Å²) in [4.78, 5) is 18.6. The van der Waals surface area contributed by atoms with Gasteiger partial charge < -0.3 is 25.3 Å². The molecule has 3 N–H and O–H groups in total. The molecule has 0 radical (unpaired) electrons. The molecule has 2 fully saturated rings. The second kappa shape index (κ2) is 6.97. The van der Waals surface area contributed by atoms with Crippen LogP contribution in [-0.2, 0) is 4.74 Å². The van der Waals surface area contributed by atoms with Crippen LogP contribution in [-0.4, -0.2) is 65.4 Å². The summed E-state index contributed by atoms with van der Waals surface area (Å²) in [7, 11) is 3.62. The van der Waals surface area contributed by atoms with Crippen molar-refractivity contribution in [1.29, 1.82) is 0 Å². The Kier molecular flexibility index (Phi) is 4.54. The molecule has 2 aliphatic rings. The van der Waals surface area contributed by atoms with E-state index < -0.39 is 0 Å². The van der Waals surface area contributed by atoms with Gasteiger partial charge in [-0.25, -0.2) is 9.97 Å². The summed E-state index contributed by atoms with van der Waals surface area (Å²) in [5.74, 6) is 3.23. The molecule has 2 aromatic heterocycles. The van der Waals surface area contributed by atoms with E-state index in [2.05, 4.69) is 35.5 Å². The van der Waals surface area contributed by atoms with Crippen LogP contribution < -0.4 is 15.5 Å². The van der Waals surface area contributed by atoms with Crippen LogP contribution in [0.25, 0.3) is 0 Å². The molecule has 1 saturated carbocycles. The van der Waals surface area contributed by atoms with Crippen molar-refractivity contribution in [2.45, 2.75) is 36.9 Å². The first-order valence-electron chi connectivity index (χ1n) is 8.80. The van der Waals surface area contributed by atoms with Crippen molar-refractivity contribution in [3.63, 3.8) is 0 Å². The Morgan fingerprint density at radius 3 is 2.84 bits per heavy atom. The highest BCUT2D eigenvalue weighted by molar-refractivity contribution is 5.44. The van der Waals surface area contributed by atoms with Gasteiger partial charge in [0.2, 0.25) is 5.95 Å². The number of aromatic nitrogens is 4. The Morgan fingerprint density at radius 1 is 1.24 bits per heavy atom. The van der Waals surface area contributed by atoms with E-state index in [-0.39, 0.29) is 6.10 Å². The van der Waals surface area contributed by atoms with Gasteiger partial charge in [-0.15, -0.1) is 0 Å². The lowest BCUT2D eigenvalue weighted by molar-refractivity contribution is 0.0858. The zero-order chi connectivity index (χ0) is 17.2. The smallest absolute Gasteiger partial charge is 0.224 e. The van der Waals surface area contributed by atoms with E-state index in [9.17, 15) is 0 Å². The molecule has 0 unspecified atom stereocenters. The molecule has 0 spiro atoms. The topological polar surface area (TPSA) is 91.0 Å². The number of imidazole rings is 1. The van der Waals surface area contributed by atoms with Crippen molar-refractivity contribution in [1.82, 2.24) is 25.3 Å². The number of hydrogen-bond donors (Lipinski definition) is 3. The third-order valence-electron chi connectivity index (χ3n) is 5.25. The average molecular weight is 343 g/mol. The minimum atomic E-state index is 0.163. The molecule has 0 bridgehead atoms. The molecule has 0 aromatic carbocycles. The molecule has 2 atom stereocenters. The van der Waals surface area contributed by atoms with E-state index in [1.54, 1.807) is 13.3 Å². The van der Waals surface area contributed by atoms with Gasteiger partial charge in [0.25, 0.3) is 0 Å². The Labute approximate surface area is 147 Å². The minimum absolute atomic E-state index is 0.163. The van der Waals surface area contributed by atoms with Crippen LogP contribution in [0.3, 0.4) is 0 Å². The molecule has 1 aliphatic heterocycles. The van der Waals surface area contributed by atoms with Gasteiger partial charge in [0.1, 0.15) is 11.6 Å². The first-order valence-corrected chi connectivity index (χ1v) is 8.80. The van der Waals surface area contributed by atoms with Crippen LogP contribution in [0.4, 0.5) is 11.8 Å². The molecule has 2 aromatic rings. The maximum Gasteiger partial charge on any atom is 0.224 e. The van der Waals surface area contributed by atoms with Gasteiger partial charge in [0.15, 0.2) is 0 Å². The summed E-state index contributed by atoms with van der Waals surface area (Å²) >= 11 is 0. The van der Waals surface area contributed by atoms with Crippen molar-refractivity contribution in [2.24, 2.45) is 0 Å². The fourth-order valence-corrected chi connectivity index (χ4v) is 3.79. The molecule has 8 heteroatoms. The summed E-state index contributed by atoms with van der Waals surface area (Å²) in [6.07, 6.45) is 7.92. The standard InChI is InChI=1S/C17H25N7O/c1-18-17-21-4-3-15(23-17)24-9-13(14(10-24)25-2)22-12-7-11(8-12)16-19-5-6-20-16/h3-6,11-14,22H,7-10H2,1-2H3,(H,19,20)(H,18,21,23)/t11?,12?,13-,14+/m1/s1. The number of ether oxygens (including phenoxy) is 1. The monoisotopic (exact) mass is 343 g/mol. The SMILES string of the molecule is CNc1nccc(N2C[C@H](OC)[C@H](NC3CC(c4ncc[nH]4)C3)C2)n1. The number of anilines is 2. The fourth-order valence-electron chi connectivity index (χ4n) is 3.79. The van der Waals surface area contributed by atoms with Crippen molar-refractivity contribution >= 4 is 11.8 Å². The summed E-state index contributed by atoms with van der Waals surface area (Å²) in [6.45, 7) is 1.73. The second-order valence-electron chi connectivity index (χ2n) is 6.78. The van der Waals surface area contributed by atoms with Crippen molar-refractivity contribution < 1.29 is 4.74 Å². The average Bonchev–Trinajstić information content (AvgIpc) is 3.27. The quantitative estimate of drug-likeness (QED) is 0.720. The van der Waals surface area contributed by atoms with Gasteiger partial charge in [0, 0.05) is 57.8 Å². The molecule has 8 nitrogen and oxygen atoms in total. The highest BCUT2D eigenvalue weighted by atomic mass is 16.5. The Hall–Kier alpha value is -2.19. The Balaban J connectivity index is 1.35. The summed E-state index contributed by atoms with van der Waals surface area (Å²) < 4.78 is 5.72. The molecule has 1 saturated heterocycles. The van der Waals surface area contributed by atoms with E-state index in [1.165, 1.54) is 0 Å². The zero-order valence-electron chi connectivity index (χ0n) is 14.6. The lowest BCUT2D eigenvalue weighted by atomic mass is 9.79. The maximum absolute atomic E-state index is 5.72. The second-order valence-corrected chi connectivity index (χ2v) is 6.78. The molecule has 25 heavy (non-hydrogen) atoms.